The minimum Gasteiger partial charge on any atom is -0.465 e. The third kappa shape index (κ3) is 3.63. The van der Waals surface area contributed by atoms with Gasteiger partial charge in [0.05, 0.1) is 5.69 Å². The van der Waals surface area contributed by atoms with Gasteiger partial charge in [0, 0.05) is 7.05 Å². The highest BCUT2D eigenvalue weighted by Gasteiger charge is 2.28. The van der Waals surface area contributed by atoms with Crippen LogP contribution in [0.5, 0.6) is 0 Å². The van der Waals surface area contributed by atoms with Gasteiger partial charge < -0.3 is 15.6 Å². The highest BCUT2D eigenvalue weighted by Crippen LogP contribution is 2.11. The van der Waals surface area contributed by atoms with E-state index in [0.29, 0.717) is 10.6 Å². The molecule has 0 fully saturated rings. The van der Waals surface area contributed by atoms with Crippen molar-refractivity contribution in [1.29, 1.82) is 0 Å². The summed E-state index contributed by atoms with van der Waals surface area (Å²) in [6, 6.07) is 8.48. The maximum atomic E-state index is 11.7. The molecular weight excluding hydrogens is 250 g/mol. The fourth-order valence-electron chi connectivity index (χ4n) is 1.28. The number of hydrogen-bond acceptors (Lipinski definition) is 4. The number of imide groups is 1. The number of aldehydes is 1. The molecule has 0 radical (unpaired) electrons. The molecule has 0 aliphatic rings. The van der Waals surface area contributed by atoms with Crippen LogP contribution in [0.1, 0.15) is 0 Å². The molecule has 0 aliphatic carbocycles. The second-order valence-electron chi connectivity index (χ2n) is 3.67. The van der Waals surface area contributed by atoms with Crippen LogP contribution in [-0.2, 0) is 9.59 Å². The van der Waals surface area contributed by atoms with E-state index in [-0.39, 0.29) is 12.1 Å². The molecule has 7 heteroatoms. The van der Waals surface area contributed by atoms with Crippen molar-refractivity contribution in [1.82, 2.24) is 4.90 Å². The molecule has 0 spiro atoms. The standard InChI is InChI=1S/C12H13N3O4/c1-15(12(18)19)11(17)9(7-16)10(13)14-8-5-3-2-4-6-8/h2-7,9H,1H3,(H2,13,14)(H,18,19). The Bertz CT molecular complexity index is 513. The lowest BCUT2D eigenvalue weighted by atomic mass is 10.1. The van der Waals surface area contributed by atoms with Gasteiger partial charge in [-0.05, 0) is 12.1 Å². The van der Waals surface area contributed by atoms with Crippen LogP contribution in [-0.4, -0.2) is 41.2 Å². The van der Waals surface area contributed by atoms with Crippen LogP contribution in [0, 0.1) is 5.92 Å². The number of aliphatic imine (C=N–C) groups is 1. The summed E-state index contributed by atoms with van der Waals surface area (Å²) in [4.78, 5) is 37.6. The molecule has 0 aliphatic heterocycles. The van der Waals surface area contributed by atoms with Crippen molar-refractivity contribution in [2.45, 2.75) is 0 Å². The number of nitrogens with zero attached hydrogens (tertiary/aromatic N) is 2. The Labute approximate surface area is 109 Å². The molecule has 1 rings (SSSR count). The average molecular weight is 263 g/mol. The first kappa shape index (κ1) is 14.4. The Morgan fingerprint density at radius 2 is 1.95 bits per heavy atom. The van der Waals surface area contributed by atoms with E-state index in [1.807, 2.05) is 0 Å². The topological polar surface area (TPSA) is 113 Å². The SMILES string of the molecule is CN(C(=O)O)C(=O)C(C=O)C(N)=Nc1ccccc1. The van der Waals surface area contributed by atoms with Gasteiger partial charge >= 0.3 is 6.09 Å². The maximum Gasteiger partial charge on any atom is 0.413 e. The van der Waals surface area contributed by atoms with Gasteiger partial charge in [0.2, 0.25) is 5.91 Å². The Morgan fingerprint density at radius 3 is 2.42 bits per heavy atom. The second-order valence-corrected chi connectivity index (χ2v) is 3.67. The summed E-state index contributed by atoms with van der Waals surface area (Å²) in [7, 11) is 1.04. The van der Waals surface area contributed by atoms with E-state index in [2.05, 4.69) is 4.99 Å². The van der Waals surface area contributed by atoms with Crippen LogP contribution < -0.4 is 5.73 Å². The minimum absolute atomic E-state index is 0.251. The summed E-state index contributed by atoms with van der Waals surface area (Å²) in [6.07, 6.45) is -1.20. The molecule has 0 bridgehead atoms. The number of carbonyl (C=O) groups excluding carboxylic acids is 2. The quantitative estimate of drug-likeness (QED) is 0.358. The van der Waals surface area contributed by atoms with Crippen LogP contribution in [0.25, 0.3) is 0 Å². The van der Waals surface area contributed by atoms with Gasteiger partial charge in [-0.15, -0.1) is 0 Å². The number of nitrogens with two attached hydrogens (primary N) is 1. The smallest absolute Gasteiger partial charge is 0.413 e. The van der Waals surface area contributed by atoms with E-state index in [1.54, 1.807) is 30.3 Å². The molecule has 1 aromatic rings. The van der Waals surface area contributed by atoms with E-state index in [0.717, 1.165) is 7.05 Å². The van der Waals surface area contributed by atoms with Crippen molar-refractivity contribution >= 4 is 29.8 Å². The molecule has 1 aromatic carbocycles. The van der Waals surface area contributed by atoms with Crippen LogP contribution in [0.3, 0.4) is 0 Å². The Hall–Kier alpha value is -2.70. The molecule has 3 N–H and O–H groups in total. The lowest BCUT2D eigenvalue weighted by Gasteiger charge is -2.15. The molecule has 2 amide bonds. The number of hydrogen-bond donors (Lipinski definition) is 2. The monoisotopic (exact) mass is 263 g/mol. The molecular formula is C12H13N3O4. The van der Waals surface area contributed by atoms with Gasteiger partial charge in [0.15, 0.2) is 5.92 Å². The minimum atomic E-state index is -1.47. The number of carbonyl (C=O) groups is 3. The molecule has 0 aromatic heterocycles. The number of amidine groups is 1. The lowest BCUT2D eigenvalue weighted by molar-refractivity contribution is -0.132. The third-order valence-corrected chi connectivity index (χ3v) is 2.35. The fraction of sp³-hybridized carbons (Fsp3) is 0.167. The first-order valence-corrected chi connectivity index (χ1v) is 5.32. The fourth-order valence-corrected chi connectivity index (χ4v) is 1.28. The molecule has 19 heavy (non-hydrogen) atoms. The number of carboxylic acid groups (broad SMARTS) is 1. The molecule has 0 heterocycles. The van der Waals surface area contributed by atoms with Crippen LogP contribution in [0.4, 0.5) is 10.5 Å². The zero-order valence-electron chi connectivity index (χ0n) is 10.2. The van der Waals surface area contributed by atoms with E-state index < -0.39 is 17.9 Å². The molecule has 7 nitrogen and oxygen atoms in total. The lowest BCUT2D eigenvalue weighted by Crippen LogP contribution is -2.43. The van der Waals surface area contributed by atoms with Gasteiger partial charge in [-0.3, -0.25) is 4.79 Å². The summed E-state index contributed by atoms with van der Waals surface area (Å²) in [6.45, 7) is 0. The molecule has 0 saturated carbocycles. The van der Waals surface area contributed by atoms with Crippen LogP contribution >= 0.6 is 0 Å². The third-order valence-electron chi connectivity index (χ3n) is 2.35. The zero-order chi connectivity index (χ0) is 14.4. The first-order chi connectivity index (χ1) is 8.97. The number of amides is 2. The Balaban J connectivity index is 2.97. The van der Waals surface area contributed by atoms with Crippen molar-refractivity contribution < 1.29 is 19.5 Å². The predicted octanol–water partition coefficient (Wildman–Crippen LogP) is 0.627. The van der Waals surface area contributed by atoms with Gasteiger partial charge in [0.25, 0.3) is 0 Å². The average Bonchev–Trinajstić information content (AvgIpc) is 2.39. The predicted molar refractivity (Wildman–Crippen MR) is 68.1 cm³/mol. The zero-order valence-corrected chi connectivity index (χ0v) is 10.2. The molecule has 100 valence electrons. The summed E-state index contributed by atoms with van der Waals surface area (Å²) < 4.78 is 0. The maximum absolute atomic E-state index is 11.7. The largest absolute Gasteiger partial charge is 0.465 e. The van der Waals surface area contributed by atoms with Crippen molar-refractivity contribution in [2.24, 2.45) is 16.6 Å². The summed E-state index contributed by atoms with van der Waals surface area (Å²) in [5.41, 5.74) is 6.05. The van der Waals surface area contributed by atoms with Gasteiger partial charge in [0.1, 0.15) is 12.1 Å². The summed E-state index contributed by atoms with van der Waals surface area (Å²) in [5.74, 6) is -2.61. The van der Waals surface area contributed by atoms with Crippen molar-refractivity contribution in [3.63, 3.8) is 0 Å². The van der Waals surface area contributed by atoms with E-state index in [9.17, 15) is 14.4 Å². The number of rotatable bonds is 4. The van der Waals surface area contributed by atoms with Crippen molar-refractivity contribution in [3.8, 4) is 0 Å². The second kappa shape index (κ2) is 6.29. The van der Waals surface area contributed by atoms with Gasteiger partial charge in [-0.1, -0.05) is 18.2 Å². The number of para-hydroxylation sites is 1. The van der Waals surface area contributed by atoms with Crippen LogP contribution in [0.2, 0.25) is 0 Å². The molecule has 1 atom stereocenters. The number of benzene rings is 1. The van der Waals surface area contributed by atoms with E-state index in [1.165, 1.54) is 0 Å². The summed E-state index contributed by atoms with van der Waals surface area (Å²) >= 11 is 0. The van der Waals surface area contributed by atoms with Crippen molar-refractivity contribution in [3.05, 3.63) is 30.3 Å². The summed E-state index contributed by atoms with van der Waals surface area (Å²) in [5, 5.41) is 8.68. The van der Waals surface area contributed by atoms with E-state index >= 15 is 0 Å². The highest BCUT2D eigenvalue weighted by atomic mass is 16.4. The van der Waals surface area contributed by atoms with Crippen LogP contribution in [0.15, 0.2) is 35.3 Å². The molecule has 1 unspecified atom stereocenters. The van der Waals surface area contributed by atoms with Gasteiger partial charge in [-0.2, -0.15) is 0 Å². The van der Waals surface area contributed by atoms with Crippen molar-refractivity contribution in [2.75, 3.05) is 7.05 Å². The van der Waals surface area contributed by atoms with Gasteiger partial charge in [-0.25, -0.2) is 14.7 Å². The Kier molecular flexibility index (Phi) is 4.76. The normalized spacial score (nSPS) is 12.6. The molecule has 0 saturated heterocycles. The Morgan fingerprint density at radius 1 is 1.37 bits per heavy atom. The first-order valence-electron chi connectivity index (χ1n) is 5.32. The van der Waals surface area contributed by atoms with E-state index in [4.69, 9.17) is 10.8 Å². The highest BCUT2D eigenvalue weighted by molar-refractivity contribution is 6.16.